The van der Waals surface area contributed by atoms with E-state index in [0.717, 1.165) is 6.42 Å². The van der Waals surface area contributed by atoms with Crippen molar-refractivity contribution in [3.63, 3.8) is 0 Å². The molecule has 1 heterocycles. The minimum Gasteiger partial charge on any atom is -0.399 e. The van der Waals surface area contributed by atoms with Gasteiger partial charge >= 0.3 is 7.12 Å². The number of hydrogen-bond donors (Lipinski definition) is 0. The lowest BCUT2D eigenvalue weighted by molar-refractivity contribution is 0.00578. The van der Waals surface area contributed by atoms with Crippen LogP contribution in [-0.4, -0.2) is 18.3 Å². The Hall–Kier alpha value is -0.535. The van der Waals surface area contributed by atoms with Crippen molar-refractivity contribution in [3.05, 3.63) is 23.2 Å². The molecule has 1 saturated heterocycles. The molecule has 1 unspecified atom stereocenters. The van der Waals surface area contributed by atoms with E-state index in [4.69, 9.17) is 9.31 Å². The zero-order valence-corrected chi connectivity index (χ0v) is 13.2. The third-order valence-corrected chi connectivity index (χ3v) is 4.83. The van der Waals surface area contributed by atoms with Crippen LogP contribution in [0.2, 0.25) is 0 Å². The molecule has 1 aliphatic heterocycles. The summed E-state index contributed by atoms with van der Waals surface area (Å²) in [5, 5.41) is 0. The van der Waals surface area contributed by atoms with Gasteiger partial charge in [0.15, 0.2) is 0 Å². The van der Waals surface area contributed by atoms with E-state index in [1.807, 2.05) is 0 Å². The molecule has 0 N–H and O–H groups in total. The number of allylic oxidation sites excluding steroid dienone is 4. The lowest BCUT2D eigenvalue weighted by Gasteiger charge is -2.32. The van der Waals surface area contributed by atoms with E-state index in [0.29, 0.717) is 5.92 Å². The van der Waals surface area contributed by atoms with Crippen molar-refractivity contribution in [1.29, 1.82) is 0 Å². The zero-order valence-electron chi connectivity index (χ0n) is 13.2. The molecule has 3 heteroatoms. The van der Waals surface area contributed by atoms with Crippen molar-refractivity contribution >= 4 is 7.12 Å². The molecule has 2 aliphatic rings. The van der Waals surface area contributed by atoms with Crippen LogP contribution in [-0.2, 0) is 9.31 Å². The Morgan fingerprint density at radius 1 is 1.16 bits per heavy atom. The SMILES string of the molecule is CCC1=CC(B2OC(C)(C)C(C)(C)O2)=CC(CC)C1. The van der Waals surface area contributed by atoms with Crippen molar-refractivity contribution < 1.29 is 9.31 Å². The highest BCUT2D eigenvalue weighted by Gasteiger charge is 2.52. The largest absolute Gasteiger partial charge is 0.494 e. The lowest BCUT2D eigenvalue weighted by atomic mass is 9.71. The van der Waals surface area contributed by atoms with E-state index in [-0.39, 0.29) is 18.3 Å². The van der Waals surface area contributed by atoms with Crippen LogP contribution in [0, 0.1) is 5.92 Å². The van der Waals surface area contributed by atoms with Gasteiger partial charge in [0.25, 0.3) is 0 Å². The van der Waals surface area contributed by atoms with Crippen molar-refractivity contribution in [2.75, 3.05) is 0 Å². The smallest absolute Gasteiger partial charge is 0.399 e. The maximum atomic E-state index is 6.15. The van der Waals surface area contributed by atoms with Gasteiger partial charge in [0, 0.05) is 0 Å². The van der Waals surface area contributed by atoms with Crippen molar-refractivity contribution in [3.8, 4) is 0 Å². The first kappa shape index (κ1) is 14.9. The Balaban J connectivity index is 2.23. The Labute approximate surface area is 118 Å². The summed E-state index contributed by atoms with van der Waals surface area (Å²) < 4.78 is 12.3. The van der Waals surface area contributed by atoms with Gasteiger partial charge in [0.05, 0.1) is 11.2 Å². The van der Waals surface area contributed by atoms with Crippen LogP contribution in [0.5, 0.6) is 0 Å². The first-order valence-corrected chi connectivity index (χ1v) is 7.56. The topological polar surface area (TPSA) is 18.5 Å². The summed E-state index contributed by atoms with van der Waals surface area (Å²) in [6.45, 7) is 12.9. The van der Waals surface area contributed by atoms with Crippen LogP contribution in [0.3, 0.4) is 0 Å². The summed E-state index contributed by atoms with van der Waals surface area (Å²) >= 11 is 0. The molecule has 0 saturated carbocycles. The number of rotatable bonds is 3. The summed E-state index contributed by atoms with van der Waals surface area (Å²) in [5.41, 5.74) is 2.23. The molecule has 0 bridgehead atoms. The van der Waals surface area contributed by atoms with Gasteiger partial charge in [-0.2, -0.15) is 0 Å². The van der Waals surface area contributed by atoms with Crippen LogP contribution in [0.4, 0.5) is 0 Å². The van der Waals surface area contributed by atoms with Crippen LogP contribution in [0.15, 0.2) is 23.2 Å². The Morgan fingerprint density at radius 3 is 2.21 bits per heavy atom. The Bertz CT molecular complexity index is 391. The highest BCUT2D eigenvalue weighted by atomic mass is 16.7. The van der Waals surface area contributed by atoms with Gasteiger partial charge in [-0.3, -0.25) is 0 Å². The fourth-order valence-electron chi connectivity index (χ4n) is 2.64. The molecular formula is C16H27BO2. The molecule has 2 nitrogen and oxygen atoms in total. The third-order valence-electron chi connectivity index (χ3n) is 4.83. The van der Waals surface area contributed by atoms with E-state index in [9.17, 15) is 0 Å². The molecule has 0 spiro atoms. The van der Waals surface area contributed by atoms with Gasteiger partial charge in [0.2, 0.25) is 0 Å². The average molecular weight is 262 g/mol. The van der Waals surface area contributed by atoms with Gasteiger partial charge in [-0.1, -0.05) is 31.6 Å². The second kappa shape index (κ2) is 5.10. The van der Waals surface area contributed by atoms with Gasteiger partial charge < -0.3 is 9.31 Å². The van der Waals surface area contributed by atoms with E-state index >= 15 is 0 Å². The standard InChI is InChI=1S/C16H27BO2/c1-7-12-9-13(8-2)11-14(10-12)17-18-15(3,4)16(5,6)19-17/h10-12H,7-9H2,1-6H3. The quantitative estimate of drug-likeness (QED) is 0.705. The Kier molecular flexibility index (Phi) is 3.99. The minimum absolute atomic E-state index is 0.208. The van der Waals surface area contributed by atoms with E-state index in [2.05, 4.69) is 53.7 Å². The monoisotopic (exact) mass is 262 g/mol. The van der Waals surface area contributed by atoms with Crippen LogP contribution < -0.4 is 0 Å². The first-order chi connectivity index (χ1) is 8.79. The molecular weight excluding hydrogens is 235 g/mol. The predicted molar refractivity (Wildman–Crippen MR) is 80.9 cm³/mol. The summed E-state index contributed by atoms with van der Waals surface area (Å²) in [6.07, 6.45) is 8.12. The van der Waals surface area contributed by atoms with Crippen molar-refractivity contribution in [2.45, 2.75) is 72.0 Å². The zero-order chi connectivity index (χ0) is 14.3. The second-order valence-electron chi connectivity index (χ2n) is 6.78. The molecule has 1 aliphatic carbocycles. The summed E-state index contributed by atoms with van der Waals surface area (Å²) in [7, 11) is -0.208. The fourth-order valence-corrected chi connectivity index (χ4v) is 2.64. The van der Waals surface area contributed by atoms with Crippen LogP contribution >= 0.6 is 0 Å². The molecule has 0 amide bonds. The summed E-state index contributed by atoms with van der Waals surface area (Å²) in [6, 6.07) is 0. The van der Waals surface area contributed by atoms with Gasteiger partial charge in [0.1, 0.15) is 0 Å². The average Bonchev–Trinajstić information content (AvgIpc) is 2.58. The predicted octanol–water partition coefficient (Wildman–Crippen LogP) is 4.31. The fraction of sp³-hybridized carbons (Fsp3) is 0.750. The Morgan fingerprint density at radius 2 is 1.74 bits per heavy atom. The third kappa shape index (κ3) is 2.82. The van der Waals surface area contributed by atoms with Crippen molar-refractivity contribution in [2.24, 2.45) is 5.92 Å². The van der Waals surface area contributed by atoms with Gasteiger partial charge in [-0.15, -0.1) is 0 Å². The summed E-state index contributed by atoms with van der Waals surface area (Å²) in [4.78, 5) is 0. The van der Waals surface area contributed by atoms with E-state index in [1.165, 1.54) is 23.9 Å². The summed E-state index contributed by atoms with van der Waals surface area (Å²) in [5.74, 6) is 0.633. The van der Waals surface area contributed by atoms with Crippen LogP contribution in [0.25, 0.3) is 0 Å². The molecule has 106 valence electrons. The molecule has 1 atom stereocenters. The second-order valence-corrected chi connectivity index (χ2v) is 6.78. The lowest BCUT2D eigenvalue weighted by Crippen LogP contribution is -2.41. The maximum Gasteiger partial charge on any atom is 0.494 e. The first-order valence-electron chi connectivity index (χ1n) is 7.56. The molecule has 0 radical (unpaired) electrons. The van der Waals surface area contributed by atoms with Crippen molar-refractivity contribution in [1.82, 2.24) is 0 Å². The molecule has 19 heavy (non-hydrogen) atoms. The maximum absolute atomic E-state index is 6.15. The highest BCUT2D eigenvalue weighted by Crippen LogP contribution is 2.40. The molecule has 2 rings (SSSR count). The molecule has 0 aromatic carbocycles. The van der Waals surface area contributed by atoms with E-state index in [1.54, 1.807) is 0 Å². The normalized spacial score (nSPS) is 29.2. The van der Waals surface area contributed by atoms with E-state index < -0.39 is 0 Å². The minimum atomic E-state index is -0.252. The number of hydrogen-bond acceptors (Lipinski definition) is 2. The molecule has 0 aromatic heterocycles. The molecule has 0 aromatic rings. The molecule has 1 fully saturated rings. The van der Waals surface area contributed by atoms with Gasteiger partial charge in [-0.25, -0.2) is 0 Å². The highest BCUT2D eigenvalue weighted by molar-refractivity contribution is 6.55. The van der Waals surface area contributed by atoms with Gasteiger partial charge in [-0.05, 0) is 58.3 Å². The van der Waals surface area contributed by atoms with Crippen LogP contribution in [0.1, 0.15) is 60.8 Å².